The second-order valence-electron chi connectivity index (χ2n) is 9.96. The van der Waals surface area contributed by atoms with Crippen molar-refractivity contribution < 1.29 is 9.59 Å². The SMILES string of the molecule is O=C(Cc1ccc(Cl)cc1)Nc1cccc(-c2nc(C3CC3)[nH]c2-c2ccnc(NCCN3CCNC3=O)n2)c1. The van der Waals surface area contributed by atoms with E-state index in [1.165, 1.54) is 0 Å². The maximum absolute atomic E-state index is 12.7. The van der Waals surface area contributed by atoms with E-state index in [0.717, 1.165) is 41.2 Å². The third-order valence-electron chi connectivity index (χ3n) is 6.91. The number of hydrogen-bond acceptors (Lipinski definition) is 6. The summed E-state index contributed by atoms with van der Waals surface area (Å²) in [5, 5.41) is 9.66. The minimum atomic E-state index is -0.113. The minimum Gasteiger partial charge on any atom is -0.352 e. The first-order valence-electron chi connectivity index (χ1n) is 13.4. The highest BCUT2D eigenvalue weighted by Crippen LogP contribution is 2.41. The van der Waals surface area contributed by atoms with Gasteiger partial charge in [-0.05, 0) is 48.7 Å². The number of benzene rings is 2. The van der Waals surface area contributed by atoms with Gasteiger partial charge in [0.25, 0.3) is 0 Å². The summed E-state index contributed by atoms with van der Waals surface area (Å²) < 4.78 is 0. The van der Waals surface area contributed by atoms with Crippen LogP contribution in [0.3, 0.4) is 0 Å². The molecule has 3 heterocycles. The van der Waals surface area contributed by atoms with Gasteiger partial charge in [0.05, 0.1) is 23.5 Å². The van der Waals surface area contributed by atoms with Crippen LogP contribution in [0.5, 0.6) is 0 Å². The molecule has 0 radical (unpaired) electrons. The number of urea groups is 1. The number of amides is 3. The molecule has 1 aliphatic heterocycles. The third kappa shape index (κ3) is 6.07. The van der Waals surface area contributed by atoms with E-state index in [-0.39, 0.29) is 18.4 Å². The molecule has 4 aromatic rings. The van der Waals surface area contributed by atoms with Gasteiger partial charge in [-0.25, -0.2) is 19.7 Å². The van der Waals surface area contributed by atoms with Crippen LogP contribution in [-0.2, 0) is 11.2 Å². The number of aromatic nitrogens is 4. The molecule has 0 spiro atoms. The number of nitrogens with one attached hydrogen (secondary N) is 4. The van der Waals surface area contributed by atoms with Gasteiger partial charge in [0.15, 0.2) is 0 Å². The zero-order chi connectivity index (χ0) is 27.5. The van der Waals surface area contributed by atoms with Crippen LogP contribution in [0.4, 0.5) is 16.4 Å². The van der Waals surface area contributed by atoms with Gasteiger partial charge in [-0.3, -0.25) is 4.79 Å². The molecule has 1 saturated heterocycles. The van der Waals surface area contributed by atoms with Crippen LogP contribution >= 0.6 is 11.6 Å². The first kappa shape index (κ1) is 25.8. The number of hydrogen-bond donors (Lipinski definition) is 4. The van der Waals surface area contributed by atoms with E-state index < -0.39 is 0 Å². The first-order chi connectivity index (χ1) is 19.5. The van der Waals surface area contributed by atoms with Gasteiger partial charge in [0.1, 0.15) is 5.82 Å². The summed E-state index contributed by atoms with van der Waals surface area (Å²) in [6.45, 7) is 2.47. The van der Waals surface area contributed by atoms with Crippen LogP contribution in [-0.4, -0.2) is 63.0 Å². The Balaban J connectivity index is 1.20. The minimum absolute atomic E-state index is 0.0467. The largest absolute Gasteiger partial charge is 0.352 e. The molecule has 1 aliphatic carbocycles. The normalized spacial score (nSPS) is 14.7. The highest BCUT2D eigenvalue weighted by Gasteiger charge is 2.29. The maximum atomic E-state index is 12.7. The van der Waals surface area contributed by atoms with Gasteiger partial charge in [-0.2, -0.15) is 0 Å². The molecule has 2 aromatic heterocycles. The van der Waals surface area contributed by atoms with E-state index in [1.807, 2.05) is 42.5 Å². The summed E-state index contributed by atoms with van der Waals surface area (Å²) in [5.74, 6) is 1.73. The molecule has 4 N–H and O–H groups in total. The molecule has 0 bridgehead atoms. The summed E-state index contributed by atoms with van der Waals surface area (Å²) in [4.78, 5) is 43.8. The Bertz CT molecular complexity index is 1530. The Morgan fingerprint density at radius 2 is 1.95 bits per heavy atom. The summed E-state index contributed by atoms with van der Waals surface area (Å²) in [7, 11) is 0. The Hall–Kier alpha value is -4.44. The number of rotatable bonds is 10. The topological polar surface area (TPSA) is 128 Å². The van der Waals surface area contributed by atoms with Gasteiger partial charge >= 0.3 is 6.03 Å². The summed E-state index contributed by atoms with van der Waals surface area (Å²) in [5.41, 5.74) is 4.73. The third-order valence-corrected chi connectivity index (χ3v) is 7.16. The number of imidazole rings is 1. The lowest BCUT2D eigenvalue weighted by atomic mass is 10.1. The number of halogens is 1. The maximum Gasteiger partial charge on any atom is 0.317 e. The number of carbonyl (C=O) groups is 2. The van der Waals surface area contributed by atoms with Crippen molar-refractivity contribution in [1.82, 2.24) is 30.2 Å². The van der Waals surface area contributed by atoms with Crippen LogP contribution in [0.25, 0.3) is 22.6 Å². The average Bonchev–Trinajstić information content (AvgIpc) is 3.58. The lowest BCUT2D eigenvalue weighted by Crippen LogP contribution is -2.32. The average molecular weight is 557 g/mol. The molecular weight excluding hydrogens is 528 g/mol. The second-order valence-corrected chi connectivity index (χ2v) is 10.4. The fourth-order valence-electron chi connectivity index (χ4n) is 4.68. The lowest BCUT2D eigenvalue weighted by Gasteiger charge is -2.14. The van der Waals surface area contributed by atoms with Crippen LogP contribution in [0.2, 0.25) is 5.02 Å². The standard InChI is InChI=1S/C29H29ClN8O2/c30-21-8-4-18(5-9-21)16-24(39)34-22-3-1-2-20(17-22)25-26(37-27(36-25)19-6-7-19)23-10-11-31-28(35-23)32-12-14-38-15-13-33-29(38)40/h1-5,8-11,17,19H,6-7,12-16H2,(H,33,40)(H,34,39)(H,36,37)(H,31,32,35). The van der Waals surface area contributed by atoms with Gasteiger partial charge in [0.2, 0.25) is 11.9 Å². The predicted molar refractivity (Wildman–Crippen MR) is 154 cm³/mol. The van der Waals surface area contributed by atoms with E-state index in [4.69, 9.17) is 21.6 Å². The lowest BCUT2D eigenvalue weighted by molar-refractivity contribution is -0.115. The molecule has 204 valence electrons. The molecule has 10 nitrogen and oxygen atoms in total. The highest BCUT2D eigenvalue weighted by molar-refractivity contribution is 6.30. The van der Waals surface area contributed by atoms with Crippen molar-refractivity contribution in [2.24, 2.45) is 0 Å². The molecule has 0 unspecified atom stereocenters. The Morgan fingerprint density at radius 3 is 2.73 bits per heavy atom. The predicted octanol–water partition coefficient (Wildman–Crippen LogP) is 4.68. The number of carbonyl (C=O) groups excluding carboxylic acids is 2. The number of aromatic amines is 1. The molecule has 11 heteroatoms. The van der Waals surface area contributed by atoms with Crippen LogP contribution in [0.1, 0.15) is 30.1 Å². The van der Waals surface area contributed by atoms with Crippen molar-refractivity contribution in [2.75, 3.05) is 36.8 Å². The zero-order valence-corrected chi connectivity index (χ0v) is 22.5. The molecule has 6 rings (SSSR count). The van der Waals surface area contributed by atoms with Crippen molar-refractivity contribution in [3.05, 3.63) is 77.2 Å². The monoisotopic (exact) mass is 556 g/mol. The molecule has 2 aliphatic rings. The summed E-state index contributed by atoms with van der Waals surface area (Å²) in [6.07, 6.45) is 4.17. The molecule has 3 amide bonds. The van der Waals surface area contributed by atoms with Gasteiger partial charge < -0.3 is 25.8 Å². The van der Waals surface area contributed by atoms with Crippen molar-refractivity contribution in [3.63, 3.8) is 0 Å². The van der Waals surface area contributed by atoms with Gasteiger partial charge in [-0.1, -0.05) is 35.9 Å². The molecule has 2 fully saturated rings. The Labute approximate surface area is 236 Å². The van der Waals surface area contributed by atoms with E-state index in [2.05, 4.69) is 25.9 Å². The Kier molecular flexibility index (Phi) is 7.33. The smallest absolute Gasteiger partial charge is 0.317 e. The van der Waals surface area contributed by atoms with Crippen molar-refractivity contribution >= 4 is 35.2 Å². The summed E-state index contributed by atoms with van der Waals surface area (Å²) >= 11 is 5.96. The second kappa shape index (κ2) is 11.4. The first-order valence-corrected chi connectivity index (χ1v) is 13.7. The number of anilines is 2. The fraction of sp³-hybridized carbons (Fsp3) is 0.276. The van der Waals surface area contributed by atoms with E-state index >= 15 is 0 Å². The van der Waals surface area contributed by atoms with Crippen LogP contribution in [0.15, 0.2) is 60.8 Å². The van der Waals surface area contributed by atoms with Gasteiger partial charge in [-0.15, -0.1) is 0 Å². The quantitative estimate of drug-likeness (QED) is 0.224. The van der Waals surface area contributed by atoms with E-state index in [1.54, 1.807) is 23.2 Å². The zero-order valence-electron chi connectivity index (χ0n) is 21.8. The molecule has 40 heavy (non-hydrogen) atoms. The molecule has 0 atom stereocenters. The van der Waals surface area contributed by atoms with Crippen molar-refractivity contribution in [3.8, 4) is 22.6 Å². The summed E-state index contributed by atoms with van der Waals surface area (Å²) in [6, 6.07) is 16.7. The molecular formula is C29H29ClN8O2. The molecule has 2 aromatic carbocycles. The Morgan fingerprint density at radius 1 is 1.10 bits per heavy atom. The molecule has 1 saturated carbocycles. The van der Waals surface area contributed by atoms with Crippen LogP contribution in [0, 0.1) is 0 Å². The van der Waals surface area contributed by atoms with E-state index in [0.29, 0.717) is 54.4 Å². The number of nitrogens with zero attached hydrogens (tertiary/aromatic N) is 4. The van der Waals surface area contributed by atoms with E-state index in [9.17, 15) is 9.59 Å². The van der Waals surface area contributed by atoms with Gasteiger partial charge in [0, 0.05) is 54.6 Å². The number of H-pyrrole nitrogens is 1. The van der Waals surface area contributed by atoms with Crippen molar-refractivity contribution in [1.29, 1.82) is 0 Å². The fourth-order valence-corrected chi connectivity index (χ4v) is 4.81. The highest BCUT2D eigenvalue weighted by atomic mass is 35.5. The van der Waals surface area contributed by atoms with Crippen LogP contribution < -0.4 is 16.0 Å². The van der Waals surface area contributed by atoms with Crippen molar-refractivity contribution in [2.45, 2.75) is 25.2 Å².